The molecule has 0 heterocycles. The van der Waals surface area contributed by atoms with Crippen LogP contribution in [0.25, 0.3) is 6.08 Å². The maximum Gasteiger partial charge on any atom is 0.416 e. The zero-order chi connectivity index (χ0) is 21.4. The molecule has 0 fully saturated rings. The zero-order valence-corrected chi connectivity index (χ0v) is 15.2. The van der Waals surface area contributed by atoms with Crippen molar-refractivity contribution in [1.29, 1.82) is 0 Å². The summed E-state index contributed by atoms with van der Waals surface area (Å²) < 4.78 is 42.4. The number of hydrazine groups is 1. The number of amides is 2. The Morgan fingerprint density at radius 2 is 1.59 bits per heavy atom. The van der Waals surface area contributed by atoms with E-state index in [4.69, 9.17) is 4.74 Å². The summed E-state index contributed by atoms with van der Waals surface area (Å²) in [5, 5.41) is 0. The van der Waals surface area contributed by atoms with Gasteiger partial charge in [-0.1, -0.05) is 30.3 Å². The van der Waals surface area contributed by atoms with Crippen LogP contribution in [0.1, 0.15) is 28.4 Å². The minimum atomic E-state index is -4.44. The molecule has 0 spiro atoms. The molecule has 0 aliphatic rings. The van der Waals surface area contributed by atoms with E-state index in [0.717, 1.165) is 18.2 Å². The topological polar surface area (TPSA) is 84.5 Å². The smallest absolute Gasteiger partial charge is 0.416 e. The fourth-order valence-corrected chi connectivity index (χ4v) is 2.10. The summed E-state index contributed by atoms with van der Waals surface area (Å²) in [5.41, 5.74) is 4.20. The van der Waals surface area contributed by atoms with Crippen molar-refractivity contribution in [1.82, 2.24) is 10.9 Å². The Hall–Kier alpha value is -3.62. The molecule has 2 N–H and O–H groups in total. The summed E-state index contributed by atoms with van der Waals surface area (Å²) in [6.07, 6.45) is -3.42. The highest BCUT2D eigenvalue weighted by molar-refractivity contribution is 5.96. The van der Waals surface area contributed by atoms with Crippen LogP contribution >= 0.6 is 0 Å². The first-order valence-corrected chi connectivity index (χ1v) is 8.38. The van der Waals surface area contributed by atoms with Crippen molar-refractivity contribution in [2.24, 2.45) is 0 Å². The van der Waals surface area contributed by atoms with E-state index in [2.05, 4.69) is 10.9 Å². The lowest BCUT2D eigenvalue weighted by Gasteiger charge is -2.13. The number of nitrogens with one attached hydrogen (secondary N) is 2. The molecular formula is C20H17F3N2O4. The molecule has 0 radical (unpaired) electrons. The summed E-state index contributed by atoms with van der Waals surface area (Å²) in [6, 6.07) is 12.3. The average Bonchev–Trinajstić information content (AvgIpc) is 2.70. The van der Waals surface area contributed by atoms with Crippen LogP contribution in [0.3, 0.4) is 0 Å². The maximum absolute atomic E-state index is 12.5. The highest BCUT2D eigenvalue weighted by Gasteiger charge is 2.29. The first kappa shape index (κ1) is 21.7. The van der Waals surface area contributed by atoms with Crippen molar-refractivity contribution in [3.8, 4) is 0 Å². The molecule has 0 saturated heterocycles. The number of carbonyl (C=O) groups excluding carboxylic acids is 3. The van der Waals surface area contributed by atoms with Crippen LogP contribution in [-0.2, 0) is 20.5 Å². The van der Waals surface area contributed by atoms with Gasteiger partial charge < -0.3 is 4.74 Å². The molecule has 0 bridgehead atoms. The minimum absolute atomic E-state index is 0.330. The first-order chi connectivity index (χ1) is 13.7. The van der Waals surface area contributed by atoms with E-state index in [-0.39, 0.29) is 0 Å². The number of carbonyl (C=O) groups is 3. The number of hydrogen-bond donors (Lipinski definition) is 2. The summed E-state index contributed by atoms with van der Waals surface area (Å²) >= 11 is 0. The second-order valence-electron chi connectivity index (χ2n) is 5.84. The van der Waals surface area contributed by atoms with Gasteiger partial charge in [0.15, 0.2) is 6.10 Å². The van der Waals surface area contributed by atoms with Crippen LogP contribution in [0, 0.1) is 0 Å². The van der Waals surface area contributed by atoms with E-state index in [9.17, 15) is 27.6 Å². The summed E-state index contributed by atoms with van der Waals surface area (Å²) in [7, 11) is 0. The molecule has 2 rings (SSSR count). The van der Waals surface area contributed by atoms with Crippen molar-refractivity contribution < 1.29 is 32.3 Å². The molecule has 9 heteroatoms. The number of alkyl halides is 3. The quantitative estimate of drug-likeness (QED) is 0.454. The third-order valence-corrected chi connectivity index (χ3v) is 3.65. The molecule has 29 heavy (non-hydrogen) atoms. The Morgan fingerprint density at radius 1 is 0.966 bits per heavy atom. The van der Waals surface area contributed by atoms with Crippen LogP contribution < -0.4 is 10.9 Å². The second kappa shape index (κ2) is 9.54. The van der Waals surface area contributed by atoms with E-state index in [1.807, 2.05) is 0 Å². The number of esters is 1. The third-order valence-electron chi connectivity index (χ3n) is 3.65. The van der Waals surface area contributed by atoms with Gasteiger partial charge in [0.2, 0.25) is 0 Å². The summed E-state index contributed by atoms with van der Waals surface area (Å²) in [4.78, 5) is 35.5. The van der Waals surface area contributed by atoms with Gasteiger partial charge in [-0.25, -0.2) is 4.79 Å². The fourth-order valence-electron chi connectivity index (χ4n) is 2.10. The van der Waals surface area contributed by atoms with Gasteiger partial charge >= 0.3 is 12.1 Å². The van der Waals surface area contributed by atoms with Gasteiger partial charge in [0.1, 0.15) is 0 Å². The highest BCUT2D eigenvalue weighted by atomic mass is 19.4. The molecule has 0 aliphatic heterocycles. The molecule has 152 valence electrons. The van der Waals surface area contributed by atoms with Crippen molar-refractivity contribution in [2.45, 2.75) is 19.2 Å². The predicted molar refractivity (Wildman–Crippen MR) is 98.1 cm³/mol. The Morgan fingerprint density at radius 3 is 2.17 bits per heavy atom. The molecule has 0 unspecified atom stereocenters. The first-order valence-electron chi connectivity index (χ1n) is 8.38. The lowest BCUT2D eigenvalue weighted by Crippen LogP contribution is -2.46. The van der Waals surface area contributed by atoms with Crippen LogP contribution in [0.2, 0.25) is 0 Å². The zero-order valence-electron chi connectivity index (χ0n) is 15.2. The molecule has 2 aromatic carbocycles. The molecular weight excluding hydrogens is 389 g/mol. The molecule has 6 nitrogen and oxygen atoms in total. The second-order valence-corrected chi connectivity index (χ2v) is 5.84. The normalized spacial score (nSPS) is 12.3. The molecule has 2 aromatic rings. The SMILES string of the molecule is C[C@H](OC(=O)/C=C/c1ccc(C(F)(F)F)cc1)C(=O)NNC(=O)c1ccccc1. The molecule has 2 amide bonds. The average molecular weight is 406 g/mol. The summed E-state index contributed by atoms with van der Waals surface area (Å²) in [6.45, 7) is 1.30. The number of halogens is 3. The van der Waals surface area contributed by atoms with E-state index in [1.165, 1.54) is 25.1 Å². The lowest BCUT2D eigenvalue weighted by molar-refractivity contribution is -0.150. The van der Waals surface area contributed by atoms with E-state index >= 15 is 0 Å². The van der Waals surface area contributed by atoms with Crippen LogP contribution in [0.15, 0.2) is 60.7 Å². The molecule has 1 atom stereocenters. The van der Waals surface area contributed by atoms with E-state index < -0.39 is 35.6 Å². The third kappa shape index (κ3) is 6.80. The van der Waals surface area contributed by atoms with Crippen molar-refractivity contribution >= 4 is 23.9 Å². The Balaban J connectivity index is 1.82. The van der Waals surface area contributed by atoms with Gasteiger partial charge in [0.05, 0.1) is 5.56 Å². The van der Waals surface area contributed by atoms with Gasteiger partial charge in [-0.3, -0.25) is 20.4 Å². The van der Waals surface area contributed by atoms with E-state index in [0.29, 0.717) is 11.1 Å². The Kier molecular flexibility index (Phi) is 7.13. The van der Waals surface area contributed by atoms with Crippen LogP contribution in [-0.4, -0.2) is 23.9 Å². The Bertz CT molecular complexity index is 894. The number of rotatable bonds is 5. The minimum Gasteiger partial charge on any atom is -0.449 e. The summed E-state index contributed by atoms with van der Waals surface area (Å²) in [5.74, 6) is -2.17. The Labute approximate surface area is 164 Å². The standard InChI is InChI=1S/C20H17F3N2O4/c1-13(18(27)24-25-19(28)15-5-3-2-4-6-15)29-17(26)12-9-14-7-10-16(11-8-14)20(21,22)23/h2-13H,1H3,(H,24,27)(H,25,28)/b12-9+/t13-/m0/s1. The monoisotopic (exact) mass is 406 g/mol. The number of ether oxygens (including phenoxy) is 1. The van der Waals surface area contributed by atoms with Crippen molar-refractivity contribution in [3.63, 3.8) is 0 Å². The largest absolute Gasteiger partial charge is 0.449 e. The molecule has 0 aromatic heterocycles. The van der Waals surface area contributed by atoms with Crippen molar-refractivity contribution in [3.05, 3.63) is 77.4 Å². The number of hydrogen-bond acceptors (Lipinski definition) is 4. The van der Waals surface area contributed by atoms with Gasteiger partial charge in [-0.15, -0.1) is 0 Å². The van der Waals surface area contributed by atoms with Crippen molar-refractivity contribution in [2.75, 3.05) is 0 Å². The van der Waals surface area contributed by atoms with Gasteiger partial charge in [-0.2, -0.15) is 13.2 Å². The van der Waals surface area contributed by atoms with Crippen LogP contribution in [0.5, 0.6) is 0 Å². The lowest BCUT2D eigenvalue weighted by atomic mass is 10.1. The predicted octanol–water partition coefficient (Wildman–Crippen LogP) is 3.11. The van der Waals surface area contributed by atoms with Gasteiger partial charge in [0, 0.05) is 11.6 Å². The molecule has 0 aliphatic carbocycles. The fraction of sp³-hybridized carbons (Fsp3) is 0.150. The van der Waals surface area contributed by atoms with Gasteiger partial charge in [-0.05, 0) is 42.8 Å². The molecule has 0 saturated carbocycles. The maximum atomic E-state index is 12.5. The van der Waals surface area contributed by atoms with E-state index in [1.54, 1.807) is 30.3 Å². The highest BCUT2D eigenvalue weighted by Crippen LogP contribution is 2.29. The number of benzene rings is 2. The van der Waals surface area contributed by atoms with Crippen LogP contribution in [0.4, 0.5) is 13.2 Å². The van der Waals surface area contributed by atoms with Gasteiger partial charge in [0.25, 0.3) is 11.8 Å².